The van der Waals surface area contributed by atoms with E-state index in [4.69, 9.17) is 26.8 Å². The smallest absolute Gasteiger partial charge is 0.266 e. The molecule has 0 aromatic heterocycles. The lowest BCUT2D eigenvalue weighted by Gasteiger charge is -2.35. The van der Waals surface area contributed by atoms with Crippen LogP contribution in [0, 0.1) is 0 Å². The van der Waals surface area contributed by atoms with E-state index < -0.39 is 0 Å². The molecule has 0 unspecified atom stereocenters. The number of rotatable bonds is 5. The second-order valence-electron chi connectivity index (χ2n) is 6.83. The fraction of sp³-hybridized carbons (Fsp3) is 0.421. The van der Waals surface area contributed by atoms with Gasteiger partial charge in [0.2, 0.25) is 12.7 Å². The largest absolute Gasteiger partial charge is 0.454 e. The number of carbonyl (C=O) groups is 2. The predicted octanol–water partition coefficient (Wildman–Crippen LogP) is 0.753. The molecule has 0 atom stereocenters. The summed E-state index contributed by atoms with van der Waals surface area (Å²) in [5.74, 6) is 0.948. The van der Waals surface area contributed by atoms with Crippen molar-refractivity contribution in [2.75, 3.05) is 52.7 Å². The van der Waals surface area contributed by atoms with Gasteiger partial charge in [0.1, 0.15) is 10.9 Å². The SMILES string of the molecule is O=C(CN1C(=O)/C(=C/c2ccc3c(c2)OCO3)SC1=S)N1CCN(CCO)CC1. The molecular weight excluding hydrogens is 414 g/mol. The van der Waals surface area contributed by atoms with Gasteiger partial charge in [0, 0.05) is 32.7 Å². The van der Waals surface area contributed by atoms with Crippen LogP contribution in [0.15, 0.2) is 23.1 Å². The summed E-state index contributed by atoms with van der Waals surface area (Å²) < 4.78 is 11.1. The van der Waals surface area contributed by atoms with Crippen LogP contribution in [0.4, 0.5) is 0 Å². The highest BCUT2D eigenvalue weighted by atomic mass is 32.2. The van der Waals surface area contributed by atoms with Crippen LogP contribution < -0.4 is 9.47 Å². The standard InChI is InChI=1S/C19H21N3O5S2/c23-8-7-20-3-5-21(6-4-20)17(24)11-22-18(25)16(29-19(22)28)10-13-1-2-14-15(9-13)27-12-26-14/h1-2,9-10,23H,3-8,11-12H2/b16-10-. The molecule has 0 spiro atoms. The van der Waals surface area contributed by atoms with Crippen LogP contribution >= 0.6 is 24.0 Å². The summed E-state index contributed by atoms with van der Waals surface area (Å²) in [5.41, 5.74) is 0.807. The monoisotopic (exact) mass is 435 g/mol. The highest BCUT2D eigenvalue weighted by Crippen LogP contribution is 2.36. The second-order valence-corrected chi connectivity index (χ2v) is 8.50. The molecule has 3 aliphatic heterocycles. The highest BCUT2D eigenvalue weighted by Gasteiger charge is 2.35. The molecular formula is C19H21N3O5S2. The molecule has 0 aliphatic carbocycles. The normalized spacial score (nSPS) is 20.8. The number of benzene rings is 1. The lowest BCUT2D eigenvalue weighted by Crippen LogP contribution is -2.52. The molecule has 29 heavy (non-hydrogen) atoms. The second kappa shape index (κ2) is 8.70. The van der Waals surface area contributed by atoms with E-state index in [1.807, 2.05) is 12.1 Å². The molecule has 3 heterocycles. The van der Waals surface area contributed by atoms with E-state index in [1.165, 1.54) is 16.7 Å². The van der Waals surface area contributed by atoms with Crippen molar-refractivity contribution < 1.29 is 24.2 Å². The summed E-state index contributed by atoms with van der Waals surface area (Å²) in [6, 6.07) is 5.46. The number of amides is 2. The third kappa shape index (κ3) is 4.40. The molecule has 0 saturated carbocycles. The summed E-state index contributed by atoms with van der Waals surface area (Å²) in [6.45, 7) is 3.47. The van der Waals surface area contributed by atoms with E-state index in [0.29, 0.717) is 53.4 Å². The van der Waals surface area contributed by atoms with E-state index in [2.05, 4.69) is 4.90 Å². The number of aliphatic hydroxyl groups excluding tert-OH is 1. The van der Waals surface area contributed by atoms with E-state index in [1.54, 1.807) is 17.0 Å². The molecule has 1 aromatic rings. The Morgan fingerprint density at radius 2 is 1.97 bits per heavy atom. The molecule has 0 radical (unpaired) electrons. The molecule has 154 valence electrons. The van der Waals surface area contributed by atoms with Crippen LogP contribution in [-0.4, -0.2) is 88.6 Å². The molecule has 2 amide bonds. The Kier molecular flexibility index (Phi) is 6.04. The first-order valence-corrected chi connectivity index (χ1v) is 10.5. The number of hydrogen-bond acceptors (Lipinski definition) is 8. The van der Waals surface area contributed by atoms with Crippen LogP contribution in [0.3, 0.4) is 0 Å². The zero-order chi connectivity index (χ0) is 20.4. The van der Waals surface area contributed by atoms with Gasteiger partial charge in [-0.15, -0.1) is 0 Å². The maximum absolute atomic E-state index is 12.8. The third-order valence-corrected chi connectivity index (χ3v) is 6.38. The average Bonchev–Trinajstić information content (AvgIpc) is 3.28. The summed E-state index contributed by atoms with van der Waals surface area (Å²) in [5, 5.41) is 9.02. The van der Waals surface area contributed by atoms with Crippen LogP contribution in [0.1, 0.15) is 5.56 Å². The maximum Gasteiger partial charge on any atom is 0.266 e. The predicted molar refractivity (Wildman–Crippen MR) is 113 cm³/mol. The third-order valence-electron chi connectivity index (χ3n) is 5.00. The Balaban J connectivity index is 1.39. The van der Waals surface area contributed by atoms with Gasteiger partial charge < -0.3 is 19.5 Å². The van der Waals surface area contributed by atoms with Gasteiger partial charge in [0.25, 0.3) is 5.91 Å². The Bertz CT molecular complexity index is 867. The van der Waals surface area contributed by atoms with E-state index in [9.17, 15) is 9.59 Å². The fourth-order valence-electron chi connectivity index (χ4n) is 3.39. The number of nitrogens with zero attached hydrogens (tertiary/aromatic N) is 3. The van der Waals surface area contributed by atoms with Crippen molar-refractivity contribution in [3.05, 3.63) is 28.7 Å². The number of piperazine rings is 1. The maximum atomic E-state index is 12.8. The zero-order valence-electron chi connectivity index (χ0n) is 15.7. The number of thiocarbonyl (C=S) groups is 1. The van der Waals surface area contributed by atoms with Crippen molar-refractivity contribution in [1.29, 1.82) is 0 Å². The fourth-order valence-corrected chi connectivity index (χ4v) is 4.64. The molecule has 0 bridgehead atoms. The number of aliphatic hydroxyl groups is 1. The Morgan fingerprint density at radius 3 is 2.72 bits per heavy atom. The molecule has 2 fully saturated rings. The van der Waals surface area contributed by atoms with Gasteiger partial charge in [-0.1, -0.05) is 30.0 Å². The number of hydrogen-bond donors (Lipinski definition) is 1. The Labute approximate surface area is 178 Å². The van der Waals surface area contributed by atoms with Gasteiger partial charge in [-0.25, -0.2) is 0 Å². The minimum absolute atomic E-state index is 0.0524. The molecule has 8 nitrogen and oxygen atoms in total. The van der Waals surface area contributed by atoms with Crippen molar-refractivity contribution in [1.82, 2.24) is 14.7 Å². The summed E-state index contributed by atoms with van der Waals surface area (Å²) in [6.07, 6.45) is 1.75. The molecule has 3 aliphatic rings. The summed E-state index contributed by atoms with van der Waals surface area (Å²) in [4.78, 5) is 31.1. The quantitative estimate of drug-likeness (QED) is 0.536. The lowest BCUT2D eigenvalue weighted by atomic mass is 10.2. The summed E-state index contributed by atoms with van der Waals surface area (Å²) in [7, 11) is 0. The Hall–Kier alpha value is -2.14. The Morgan fingerprint density at radius 1 is 1.21 bits per heavy atom. The van der Waals surface area contributed by atoms with Crippen molar-refractivity contribution in [3.8, 4) is 11.5 Å². The summed E-state index contributed by atoms with van der Waals surface area (Å²) >= 11 is 6.53. The first kappa shape index (κ1) is 20.1. The number of carbonyl (C=O) groups excluding carboxylic acids is 2. The van der Waals surface area contributed by atoms with Crippen LogP contribution in [-0.2, 0) is 9.59 Å². The molecule has 4 rings (SSSR count). The van der Waals surface area contributed by atoms with Gasteiger partial charge in [0.05, 0.1) is 11.5 Å². The number of thioether (sulfide) groups is 1. The first-order chi connectivity index (χ1) is 14.0. The van der Waals surface area contributed by atoms with E-state index in [-0.39, 0.29) is 31.8 Å². The molecule has 2 saturated heterocycles. The zero-order valence-corrected chi connectivity index (χ0v) is 17.3. The van der Waals surface area contributed by atoms with Gasteiger partial charge in [0.15, 0.2) is 11.5 Å². The van der Waals surface area contributed by atoms with Crippen LogP contribution in [0.5, 0.6) is 11.5 Å². The number of β-amino-alcohol motifs (C(OH)–C–C–N with tert-alkyl or cyclic N) is 1. The van der Waals surface area contributed by atoms with Crippen molar-refractivity contribution >= 4 is 46.2 Å². The lowest BCUT2D eigenvalue weighted by molar-refractivity contribution is -0.136. The average molecular weight is 436 g/mol. The number of ether oxygens (including phenoxy) is 2. The first-order valence-electron chi connectivity index (χ1n) is 9.31. The highest BCUT2D eigenvalue weighted by molar-refractivity contribution is 8.26. The van der Waals surface area contributed by atoms with Gasteiger partial charge >= 0.3 is 0 Å². The van der Waals surface area contributed by atoms with Gasteiger partial charge in [-0.05, 0) is 23.8 Å². The minimum Gasteiger partial charge on any atom is -0.454 e. The van der Waals surface area contributed by atoms with Crippen molar-refractivity contribution in [2.24, 2.45) is 0 Å². The van der Waals surface area contributed by atoms with Gasteiger partial charge in [-0.2, -0.15) is 0 Å². The van der Waals surface area contributed by atoms with Crippen molar-refractivity contribution in [2.45, 2.75) is 0 Å². The van der Waals surface area contributed by atoms with E-state index in [0.717, 1.165) is 5.56 Å². The molecule has 10 heteroatoms. The van der Waals surface area contributed by atoms with Crippen molar-refractivity contribution in [3.63, 3.8) is 0 Å². The number of fused-ring (bicyclic) bond motifs is 1. The topological polar surface area (TPSA) is 82.6 Å². The molecule has 1 N–H and O–H groups in total. The van der Waals surface area contributed by atoms with Crippen LogP contribution in [0.2, 0.25) is 0 Å². The molecule has 1 aromatic carbocycles. The van der Waals surface area contributed by atoms with Gasteiger partial charge in [-0.3, -0.25) is 19.4 Å². The van der Waals surface area contributed by atoms with E-state index >= 15 is 0 Å². The van der Waals surface area contributed by atoms with Crippen LogP contribution in [0.25, 0.3) is 6.08 Å². The minimum atomic E-state index is -0.259.